The smallest absolute Gasteiger partial charge is 0.243 e. The van der Waals surface area contributed by atoms with Crippen molar-refractivity contribution in [3.05, 3.63) is 0 Å². The first-order valence-corrected chi connectivity index (χ1v) is 6.39. The number of rotatable bonds is 7. The number of aromatic nitrogens is 3. The van der Waals surface area contributed by atoms with Crippen molar-refractivity contribution in [2.45, 2.75) is 33.2 Å². The summed E-state index contributed by atoms with van der Waals surface area (Å²) in [5.74, 6) is 5.76. The van der Waals surface area contributed by atoms with Gasteiger partial charge >= 0.3 is 0 Å². The van der Waals surface area contributed by atoms with Gasteiger partial charge in [0.1, 0.15) is 5.54 Å². The fourth-order valence-electron chi connectivity index (χ4n) is 1.47. The molecule has 0 aromatic carbocycles. The fraction of sp³-hybridized carbons (Fsp3) is 0.636. The maximum Gasteiger partial charge on any atom is 0.243 e. The van der Waals surface area contributed by atoms with Crippen molar-refractivity contribution in [3.8, 4) is 0 Å². The second-order valence-corrected chi connectivity index (χ2v) is 4.71. The zero-order valence-corrected chi connectivity index (χ0v) is 12.3. The standard InChI is InChI=1S/C11H22N8O/c1-5-19(6-2)10-15-8(14-9(16-10)18-13)17-11(3,4)7(12)20/h5-6,13H2,1-4H3,(H2,12,20)(H2,14,15,16,17,18). The van der Waals surface area contributed by atoms with Gasteiger partial charge in [0, 0.05) is 13.1 Å². The van der Waals surface area contributed by atoms with E-state index >= 15 is 0 Å². The third-order valence-electron chi connectivity index (χ3n) is 2.84. The van der Waals surface area contributed by atoms with Crippen molar-refractivity contribution >= 4 is 23.8 Å². The molecule has 0 radical (unpaired) electrons. The summed E-state index contributed by atoms with van der Waals surface area (Å²) < 4.78 is 0. The molecule has 1 amide bonds. The van der Waals surface area contributed by atoms with E-state index in [1.165, 1.54) is 0 Å². The third-order valence-corrected chi connectivity index (χ3v) is 2.84. The molecule has 6 N–H and O–H groups in total. The predicted octanol–water partition coefficient (Wildman–Crippen LogP) is -0.321. The van der Waals surface area contributed by atoms with Crippen LogP contribution in [0, 0.1) is 0 Å². The number of carbonyl (C=O) groups is 1. The summed E-state index contributed by atoms with van der Waals surface area (Å²) in [7, 11) is 0. The van der Waals surface area contributed by atoms with E-state index in [0.29, 0.717) is 5.95 Å². The molecule has 0 aliphatic heterocycles. The van der Waals surface area contributed by atoms with Crippen molar-refractivity contribution in [3.63, 3.8) is 0 Å². The number of primary amides is 1. The van der Waals surface area contributed by atoms with Crippen molar-refractivity contribution in [2.75, 3.05) is 28.7 Å². The van der Waals surface area contributed by atoms with Gasteiger partial charge in [0.2, 0.25) is 23.8 Å². The first kappa shape index (κ1) is 15.9. The van der Waals surface area contributed by atoms with Crippen molar-refractivity contribution < 1.29 is 4.79 Å². The predicted molar refractivity (Wildman–Crippen MR) is 78.1 cm³/mol. The van der Waals surface area contributed by atoms with Crippen molar-refractivity contribution in [1.29, 1.82) is 0 Å². The molecule has 112 valence electrons. The number of nitrogens with one attached hydrogen (secondary N) is 2. The Hall–Kier alpha value is -2.16. The Morgan fingerprint density at radius 2 is 1.75 bits per heavy atom. The number of anilines is 3. The van der Waals surface area contributed by atoms with E-state index < -0.39 is 11.4 Å². The van der Waals surface area contributed by atoms with Crippen LogP contribution >= 0.6 is 0 Å². The third kappa shape index (κ3) is 3.67. The second-order valence-electron chi connectivity index (χ2n) is 4.71. The van der Waals surface area contributed by atoms with Crippen LogP contribution in [0.25, 0.3) is 0 Å². The highest BCUT2D eigenvalue weighted by Crippen LogP contribution is 2.16. The molecule has 0 bridgehead atoms. The van der Waals surface area contributed by atoms with Crippen LogP contribution in [-0.2, 0) is 4.79 Å². The lowest BCUT2D eigenvalue weighted by Crippen LogP contribution is -2.45. The van der Waals surface area contributed by atoms with Crippen molar-refractivity contribution in [1.82, 2.24) is 15.0 Å². The molecule has 9 nitrogen and oxygen atoms in total. The highest BCUT2D eigenvalue weighted by molar-refractivity contribution is 5.86. The van der Waals surface area contributed by atoms with E-state index in [2.05, 4.69) is 25.7 Å². The normalized spacial score (nSPS) is 11.1. The molecule has 1 aromatic heterocycles. The van der Waals surface area contributed by atoms with Crippen molar-refractivity contribution in [2.24, 2.45) is 11.6 Å². The van der Waals surface area contributed by atoms with E-state index in [1.54, 1.807) is 13.8 Å². The van der Waals surface area contributed by atoms with Gasteiger partial charge in [-0.25, -0.2) is 5.84 Å². The minimum absolute atomic E-state index is 0.213. The first-order chi connectivity index (χ1) is 9.33. The van der Waals surface area contributed by atoms with Crippen LogP contribution in [0.3, 0.4) is 0 Å². The maximum atomic E-state index is 11.3. The molecular weight excluding hydrogens is 260 g/mol. The molecule has 0 saturated heterocycles. The average Bonchev–Trinajstić information content (AvgIpc) is 2.39. The Bertz CT molecular complexity index is 471. The van der Waals surface area contributed by atoms with Gasteiger partial charge in [-0.15, -0.1) is 0 Å². The van der Waals surface area contributed by atoms with Gasteiger partial charge in [0.15, 0.2) is 0 Å². The summed E-state index contributed by atoms with van der Waals surface area (Å²) in [5.41, 5.74) is 6.72. The topological polar surface area (TPSA) is 135 Å². The number of hydrogen-bond acceptors (Lipinski definition) is 8. The van der Waals surface area contributed by atoms with Gasteiger partial charge in [-0.05, 0) is 27.7 Å². The highest BCUT2D eigenvalue weighted by Gasteiger charge is 2.26. The summed E-state index contributed by atoms with van der Waals surface area (Å²) in [6.07, 6.45) is 0. The molecule has 0 aliphatic rings. The molecule has 0 fully saturated rings. The van der Waals surface area contributed by atoms with E-state index in [1.807, 2.05) is 18.7 Å². The quantitative estimate of drug-likeness (QED) is 0.394. The lowest BCUT2D eigenvalue weighted by Gasteiger charge is -2.24. The molecule has 0 aliphatic carbocycles. The fourth-order valence-corrected chi connectivity index (χ4v) is 1.47. The monoisotopic (exact) mass is 282 g/mol. The second kappa shape index (κ2) is 6.33. The van der Waals surface area contributed by atoms with Gasteiger partial charge in [-0.2, -0.15) is 15.0 Å². The lowest BCUT2D eigenvalue weighted by molar-refractivity contribution is -0.121. The number of amides is 1. The van der Waals surface area contributed by atoms with E-state index in [0.717, 1.165) is 13.1 Å². The average molecular weight is 282 g/mol. The molecule has 0 unspecified atom stereocenters. The SMILES string of the molecule is CCN(CC)c1nc(NN)nc(NC(C)(C)C(N)=O)n1. The summed E-state index contributed by atoms with van der Waals surface area (Å²) in [5, 5.41) is 2.88. The van der Waals surface area contributed by atoms with Crippen LogP contribution in [0.5, 0.6) is 0 Å². The Morgan fingerprint density at radius 3 is 2.20 bits per heavy atom. The Kier molecular flexibility index (Phi) is 5.03. The van der Waals surface area contributed by atoms with Gasteiger partial charge in [-0.3, -0.25) is 10.2 Å². The summed E-state index contributed by atoms with van der Waals surface area (Å²) in [4.78, 5) is 25.8. The van der Waals surface area contributed by atoms with Gasteiger partial charge < -0.3 is 16.0 Å². The first-order valence-electron chi connectivity index (χ1n) is 6.39. The molecule has 20 heavy (non-hydrogen) atoms. The Morgan fingerprint density at radius 1 is 1.20 bits per heavy atom. The van der Waals surface area contributed by atoms with Crippen LogP contribution in [0.1, 0.15) is 27.7 Å². The van der Waals surface area contributed by atoms with Crippen LogP contribution < -0.4 is 27.2 Å². The summed E-state index contributed by atoms with van der Waals surface area (Å²) in [6.45, 7) is 8.75. The number of nitrogens with two attached hydrogens (primary N) is 2. The van der Waals surface area contributed by atoms with E-state index in [9.17, 15) is 4.79 Å². The van der Waals surface area contributed by atoms with Gasteiger partial charge in [0.05, 0.1) is 0 Å². The number of nitrogens with zero attached hydrogens (tertiary/aromatic N) is 4. The minimum atomic E-state index is -0.978. The zero-order valence-electron chi connectivity index (χ0n) is 12.3. The van der Waals surface area contributed by atoms with Crippen LogP contribution in [0.15, 0.2) is 0 Å². The van der Waals surface area contributed by atoms with Crippen LogP contribution in [0.2, 0.25) is 0 Å². The van der Waals surface area contributed by atoms with Crippen LogP contribution in [-0.4, -0.2) is 39.5 Å². The zero-order chi connectivity index (χ0) is 15.3. The molecule has 0 spiro atoms. The van der Waals surface area contributed by atoms with E-state index in [-0.39, 0.29) is 11.9 Å². The summed E-state index contributed by atoms with van der Waals surface area (Å²) >= 11 is 0. The van der Waals surface area contributed by atoms with Gasteiger partial charge in [-0.1, -0.05) is 0 Å². The molecule has 9 heteroatoms. The molecule has 1 aromatic rings. The minimum Gasteiger partial charge on any atom is -0.368 e. The number of carbonyl (C=O) groups excluding carboxylic acids is 1. The number of hydrogen-bond donors (Lipinski definition) is 4. The molecule has 1 heterocycles. The lowest BCUT2D eigenvalue weighted by atomic mass is 10.1. The molecular formula is C11H22N8O. The largest absolute Gasteiger partial charge is 0.368 e. The Balaban J connectivity index is 3.14. The highest BCUT2D eigenvalue weighted by atomic mass is 16.1. The number of nitrogen functional groups attached to an aromatic ring is 1. The molecule has 1 rings (SSSR count). The molecule has 0 atom stereocenters. The summed E-state index contributed by atoms with van der Waals surface area (Å²) in [6, 6.07) is 0. The molecule has 0 saturated carbocycles. The van der Waals surface area contributed by atoms with E-state index in [4.69, 9.17) is 11.6 Å². The maximum absolute atomic E-state index is 11.3. The van der Waals surface area contributed by atoms with Gasteiger partial charge in [0.25, 0.3) is 0 Å². The number of hydrazine groups is 1. The van der Waals surface area contributed by atoms with Crippen LogP contribution in [0.4, 0.5) is 17.8 Å². The Labute approximate surface area is 118 Å².